The summed E-state index contributed by atoms with van der Waals surface area (Å²) in [6.45, 7) is 0. The molecule has 0 aliphatic rings. The van der Waals surface area contributed by atoms with Crippen LogP contribution in [0.3, 0.4) is 0 Å². The van der Waals surface area contributed by atoms with Crippen LogP contribution in [0.25, 0.3) is 0 Å². The SMILES string of the molecule is NC(=O)c1ccc(S(=O)(=O)NC(=O)CCCc2ccccc2)cc1. The maximum atomic E-state index is 12.1. The van der Waals surface area contributed by atoms with Gasteiger partial charge in [-0.2, -0.15) is 0 Å². The van der Waals surface area contributed by atoms with E-state index in [1.165, 1.54) is 24.3 Å². The quantitative estimate of drug-likeness (QED) is 0.794. The summed E-state index contributed by atoms with van der Waals surface area (Å²) in [4.78, 5) is 22.7. The van der Waals surface area contributed by atoms with E-state index in [4.69, 9.17) is 5.73 Å². The molecule has 7 heteroatoms. The number of hydrogen-bond acceptors (Lipinski definition) is 4. The monoisotopic (exact) mass is 346 g/mol. The average molecular weight is 346 g/mol. The molecule has 0 unspecified atom stereocenters. The first-order chi connectivity index (χ1) is 11.4. The van der Waals surface area contributed by atoms with Crippen LogP contribution in [0, 0.1) is 0 Å². The highest BCUT2D eigenvalue weighted by molar-refractivity contribution is 7.90. The van der Waals surface area contributed by atoms with Gasteiger partial charge in [0.15, 0.2) is 0 Å². The summed E-state index contributed by atoms with van der Waals surface area (Å²) in [5, 5.41) is 0. The van der Waals surface area contributed by atoms with Gasteiger partial charge in [-0.25, -0.2) is 13.1 Å². The van der Waals surface area contributed by atoms with Gasteiger partial charge in [0.25, 0.3) is 10.0 Å². The van der Waals surface area contributed by atoms with Crippen LogP contribution < -0.4 is 10.5 Å². The molecule has 0 aliphatic carbocycles. The third-order valence-corrected chi connectivity index (χ3v) is 4.80. The summed E-state index contributed by atoms with van der Waals surface area (Å²) in [5.74, 6) is -1.21. The minimum atomic E-state index is -3.95. The molecular formula is C17H18N2O4S. The molecule has 2 aromatic carbocycles. The number of rotatable bonds is 7. The molecule has 0 saturated heterocycles. The molecule has 0 saturated carbocycles. The molecule has 0 spiro atoms. The Morgan fingerprint density at radius 3 is 2.17 bits per heavy atom. The van der Waals surface area contributed by atoms with Crippen molar-refractivity contribution >= 4 is 21.8 Å². The van der Waals surface area contributed by atoms with Crippen LogP contribution >= 0.6 is 0 Å². The van der Waals surface area contributed by atoms with Crippen LogP contribution in [0.1, 0.15) is 28.8 Å². The Kier molecular flexibility index (Phi) is 5.70. The normalized spacial score (nSPS) is 11.0. The molecule has 2 amide bonds. The molecule has 0 radical (unpaired) electrons. The number of nitrogens with two attached hydrogens (primary N) is 1. The zero-order chi connectivity index (χ0) is 17.6. The van der Waals surface area contributed by atoms with E-state index in [0.29, 0.717) is 12.8 Å². The van der Waals surface area contributed by atoms with Gasteiger partial charge in [0, 0.05) is 12.0 Å². The second-order valence-electron chi connectivity index (χ2n) is 5.26. The minimum absolute atomic E-state index is 0.0936. The average Bonchev–Trinajstić information content (AvgIpc) is 2.55. The highest BCUT2D eigenvalue weighted by Crippen LogP contribution is 2.11. The summed E-state index contributed by atoms with van der Waals surface area (Å²) in [6.07, 6.45) is 1.35. The third-order valence-electron chi connectivity index (χ3n) is 3.41. The van der Waals surface area contributed by atoms with Gasteiger partial charge in [0.2, 0.25) is 11.8 Å². The number of sulfonamides is 1. The summed E-state index contributed by atoms with van der Waals surface area (Å²) >= 11 is 0. The Hall–Kier alpha value is -2.67. The van der Waals surface area contributed by atoms with Crippen molar-refractivity contribution in [3.63, 3.8) is 0 Å². The summed E-state index contributed by atoms with van der Waals surface area (Å²) in [7, 11) is -3.95. The predicted octanol–water partition coefficient (Wildman–Crippen LogP) is 1.61. The van der Waals surface area contributed by atoms with Gasteiger partial charge >= 0.3 is 0 Å². The van der Waals surface area contributed by atoms with Gasteiger partial charge in [-0.15, -0.1) is 0 Å². The van der Waals surface area contributed by atoms with Crippen molar-refractivity contribution in [2.24, 2.45) is 5.73 Å². The predicted molar refractivity (Wildman–Crippen MR) is 89.7 cm³/mol. The van der Waals surface area contributed by atoms with Gasteiger partial charge in [-0.3, -0.25) is 9.59 Å². The van der Waals surface area contributed by atoms with Crippen molar-refractivity contribution in [3.8, 4) is 0 Å². The maximum absolute atomic E-state index is 12.1. The second kappa shape index (κ2) is 7.74. The number of nitrogens with one attached hydrogen (secondary N) is 1. The van der Waals surface area contributed by atoms with Crippen molar-refractivity contribution < 1.29 is 18.0 Å². The fourth-order valence-electron chi connectivity index (χ4n) is 2.16. The number of benzene rings is 2. The number of hydrogen-bond donors (Lipinski definition) is 2. The van der Waals surface area contributed by atoms with E-state index in [1.807, 2.05) is 35.1 Å². The van der Waals surface area contributed by atoms with E-state index in [0.717, 1.165) is 5.56 Å². The number of aryl methyl sites for hydroxylation is 1. The smallest absolute Gasteiger partial charge is 0.264 e. The molecule has 0 bridgehead atoms. The lowest BCUT2D eigenvalue weighted by atomic mass is 10.1. The van der Waals surface area contributed by atoms with Crippen molar-refractivity contribution in [2.75, 3.05) is 0 Å². The van der Waals surface area contributed by atoms with Crippen LogP contribution in [0.4, 0.5) is 0 Å². The lowest BCUT2D eigenvalue weighted by Gasteiger charge is -2.07. The number of amides is 2. The number of carbonyl (C=O) groups excluding carboxylic acids is 2. The van der Waals surface area contributed by atoms with E-state index >= 15 is 0 Å². The third kappa shape index (κ3) is 4.92. The molecule has 3 N–H and O–H groups in total. The highest BCUT2D eigenvalue weighted by atomic mass is 32.2. The van der Waals surface area contributed by atoms with Crippen molar-refractivity contribution in [3.05, 3.63) is 65.7 Å². The molecule has 2 rings (SSSR count). The number of carbonyl (C=O) groups is 2. The van der Waals surface area contributed by atoms with Gasteiger partial charge in [-0.1, -0.05) is 30.3 Å². The minimum Gasteiger partial charge on any atom is -0.366 e. The van der Waals surface area contributed by atoms with Crippen LogP contribution in [-0.2, 0) is 21.2 Å². The lowest BCUT2D eigenvalue weighted by Crippen LogP contribution is -2.30. The van der Waals surface area contributed by atoms with Crippen LogP contribution in [-0.4, -0.2) is 20.2 Å². The zero-order valence-electron chi connectivity index (χ0n) is 12.9. The molecule has 6 nitrogen and oxygen atoms in total. The molecule has 126 valence electrons. The second-order valence-corrected chi connectivity index (χ2v) is 6.94. The Labute approximate surface area is 140 Å². The molecule has 0 heterocycles. The topological polar surface area (TPSA) is 106 Å². The molecule has 0 aromatic heterocycles. The van der Waals surface area contributed by atoms with E-state index < -0.39 is 21.8 Å². The zero-order valence-corrected chi connectivity index (χ0v) is 13.8. The first-order valence-electron chi connectivity index (χ1n) is 7.38. The van der Waals surface area contributed by atoms with Crippen LogP contribution in [0.15, 0.2) is 59.5 Å². The molecule has 0 fully saturated rings. The van der Waals surface area contributed by atoms with Crippen LogP contribution in [0.2, 0.25) is 0 Å². The fourth-order valence-corrected chi connectivity index (χ4v) is 3.17. The highest BCUT2D eigenvalue weighted by Gasteiger charge is 2.17. The van der Waals surface area contributed by atoms with E-state index in [9.17, 15) is 18.0 Å². The summed E-state index contributed by atoms with van der Waals surface area (Å²) in [5.41, 5.74) is 6.39. The van der Waals surface area contributed by atoms with E-state index in [1.54, 1.807) is 0 Å². The van der Waals surface area contributed by atoms with Crippen molar-refractivity contribution in [1.82, 2.24) is 4.72 Å². The van der Waals surface area contributed by atoms with Gasteiger partial charge < -0.3 is 5.73 Å². The Morgan fingerprint density at radius 2 is 1.58 bits per heavy atom. The van der Waals surface area contributed by atoms with Gasteiger partial charge in [0.05, 0.1) is 4.90 Å². The number of primary amides is 1. The Bertz CT molecular complexity index is 815. The van der Waals surface area contributed by atoms with Gasteiger partial charge in [0.1, 0.15) is 0 Å². The lowest BCUT2D eigenvalue weighted by molar-refractivity contribution is -0.119. The molecular weight excluding hydrogens is 328 g/mol. The molecule has 2 aromatic rings. The Balaban J connectivity index is 1.90. The van der Waals surface area contributed by atoms with E-state index in [-0.39, 0.29) is 16.9 Å². The maximum Gasteiger partial charge on any atom is 0.264 e. The molecule has 0 aliphatic heterocycles. The van der Waals surface area contributed by atoms with Crippen molar-refractivity contribution in [1.29, 1.82) is 0 Å². The molecule has 24 heavy (non-hydrogen) atoms. The standard InChI is InChI=1S/C17H18N2O4S/c18-17(21)14-9-11-15(12-10-14)24(22,23)19-16(20)8-4-7-13-5-2-1-3-6-13/h1-3,5-6,9-12H,4,7-8H2,(H2,18,21)(H,19,20). The van der Waals surface area contributed by atoms with Gasteiger partial charge in [-0.05, 0) is 42.7 Å². The first-order valence-corrected chi connectivity index (χ1v) is 8.86. The first kappa shape index (κ1) is 17.7. The summed E-state index contributed by atoms with van der Waals surface area (Å²) in [6, 6.07) is 14.7. The summed E-state index contributed by atoms with van der Waals surface area (Å²) < 4.78 is 26.2. The Morgan fingerprint density at radius 1 is 0.958 bits per heavy atom. The fraction of sp³-hybridized carbons (Fsp3) is 0.176. The molecule has 0 atom stereocenters. The van der Waals surface area contributed by atoms with E-state index in [2.05, 4.69) is 0 Å². The van der Waals surface area contributed by atoms with Crippen molar-refractivity contribution in [2.45, 2.75) is 24.2 Å². The largest absolute Gasteiger partial charge is 0.366 e. The van der Waals surface area contributed by atoms with Crippen LogP contribution in [0.5, 0.6) is 0 Å².